The number of aliphatic hydroxyl groups is 2. The molecule has 0 radical (unpaired) electrons. The van der Waals surface area contributed by atoms with Crippen LogP contribution in [0.4, 0.5) is 0 Å². The number of hydrogen-bond donors (Lipinski definition) is 3. The summed E-state index contributed by atoms with van der Waals surface area (Å²) in [5.74, 6) is 0.190. The minimum atomic E-state index is -0.731. The van der Waals surface area contributed by atoms with Crippen molar-refractivity contribution in [2.24, 2.45) is 5.92 Å². The van der Waals surface area contributed by atoms with Gasteiger partial charge in [0.25, 0.3) is 0 Å². The Morgan fingerprint density at radius 2 is 1.55 bits per heavy atom. The second-order valence-corrected chi connectivity index (χ2v) is 6.95. The van der Waals surface area contributed by atoms with E-state index in [2.05, 4.69) is 5.32 Å². The van der Waals surface area contributed by atoms with E-state index in [1.807, 2.05) is 10.0 Å². The number of nitrogens with one attached hydrogen (secondary N) is 1. The summed E-state index contributed by atoms with van der Waals surface area (Å²) >= 11 is 0. The van der Waals surface area contributed by atoms with Crippen LogP contribution in [0.1, 0.15) is 57.8 Å². The zero-order valence-electron chi connectivity index (χ0n) is 13.3. The molecule has 6 nitrogen and oxygen atoms in total. The summed E-state index contributed by atoms with van der Waals surface area (Å²) in [5, 5.41) is 27.7. The van der Waals surface area contributed by atoms with Gasteiger partial charge < -0.3 is 15.5 Å². The van der Waals surface area contributed by atoms with Crippen molar-refractivity contribution in [2.45, 2.75) is 76.3 Å². The number of carbonyl (C=O) groups is 1. The molecule has 0 bridgehead atoms. The van der Waals surface area contributed by atoms with Gasteiger partial charge in [0.15, 0.2) is 0 Å². The molecule has 0 spiro atoms. The number of carbonyl (C=O) groups excluding carboxylic acids is 1. The van der Waals surface area contributed by atoms with Crippen molar-refractivity contribution in [2.75, 3.05) is 13.1 Å². The maximum atomic E-state index is 12.4. The second-order valence-electron chi connectivity index (χ2n) is 6.95. The maximum Gasteiger partial charge on any atom is 0.223 e. The molecule has 3 fully saturated rings. The molecule has 1 aliphatic carbocycles. The van der Waals surface area contributed by atoms with Gasteiger partial charge in [-0.05, 0) is 38.5 Å². The number of aliphatic hydroxyl groups excluding tert-OH is 2. The molecule has 0 aromatic heterocycles. The van der Waals surface area contributed by atoms with Crippen LogP contribution in [0.2, 0.25) is 0 Å². The van der Waals surface area contributed by atoms with Crippen LogP contribution in [-0.4, -0.2) is 57.7 Å². The summed E-state index contributed by atoms with van der Waals surface area (Å²) in [6, 6.07) is -0.285. The summed E-state index contributed by atoms with van der Waals surface area (Å²) in [5.41, 5.74) is 0. The molecular formula is C16H29N3O3. The molecule has 3 rings (SSSR count). The zero-order valence-corrected chi connectivity index (χ0v) is 13.3. The monoisotopic (exact) mass is 311 g/mol. The quantitative estimate of drug-likeness (QED) is 0.703. The number of rotatable bonds is 2. The van der Waals surface area contributed by atoms with Crippen LogP contribution >= 0.6 is 0 Å². The third-order valence-electron chi connectivity index (χ3n) is 5.40. The van der Waals surface area contributed by atoms with Crippen molar-refractivity contribution in [3.05, 3.63) is 0 Å². The van der Waals surface area contributed by atoms with E-state index in [0.29, 0.717) is 12.8 Å². The third kappa shape index (κ3) is 3.45. The van der Waals surface area contributed by atoms with Crippen LogP contribution in [0.25, 0.3) is 0 Å². The molecule has 0 aromatic carbocycles. The van der Waals surface area contributed by atoms with Crippen LogP contribution in [0, 0.1) is 5.92 Å². The molecule has 1 saturated carbocycles. The van der Waals surface area contributed by atoms with Gasteiger partial charge in [-0.3, -0.25) is 4.79 Å². The molecule has 3 atom stereocenters. The van der Waals surface area contributed by atoms with E-state index in [-0.39, 0.29) is 17.9 Å². The highest BCUT2D eigenvalue weighted by Gasteiger charge is 2.39. The van der Waals surface area contributed by atoms with Gasteiger partial charge in [0.05, 0.1) is 6.04 Å². The maximum absolute atomic E-state index is 12.4. The highest BCUT2D eigenvalue weighted by Crippen LogP contribution is 2.27. The van der Waals surface area contributed by atoms with Gasteiger partial charge in [0.1, 0.15) is 12.5 Å². The Labute approximate surface area is 132 Å². The standard InChI is InChI=1S/C16H29N3O3/c20-14-9-8-13(16(22)19-11-5-4-10-18(14)19)17-15(21)12-6-2-1-3-7-12/h12-14,16,20,22H,1-11H2,(H,17,21). The fraction of sp³-hybridized carbons (Fsp3) is 0.938. The molecule has 0 aromatic rings. The normalized spacial score (nSPS) is 35.6. The predicted octanol–water partition coefficient (Wildman–Crippen LogP) is 0.795. The lowest BCUT2D eigenvalue weighted by atomic mass is 9.88. The SMILES string of the molecule is O=C(NC1CCC(O)N2CCCCN2C1O)C1CCCCC1. The number of hydrazine groups is 1. The van der Waals surface area contributed by atoms with Crippen molar-refractivity contribution >= 4 is 5.91 Å². The minimum Gasteiger partial charge on any atom is -0.377 e. The van der Waals surface area contributed by atoms with Crippen molar-refractivity contribution in [1.29, 1.82) is 0 Å². The van der Waals surface area contributed by atoms with Crippen LogP contribution in [0.5, 0.6) is 0 Å². The average molecular weight is 311 g/mol. The average Bonchev–Trinajstić information content (AvgIpc) is 2.68. The van der Waals surface area contributed by atoms with E-state index in [1.54, 1.807) is 0 Å². The number of fused-ring (bicyclic) bond motifs is 1. The molecule has 6 heteroatoms. The molecule has 22 heavy (non-hydrogen) atoms. The smallest absolute Gasteiger partial charge is 0.223 e. The Balaban J connectivity index is 1.63. The Kier molecular flexibility index (Phi) is 5.33. The van der Waals surface area contributed by atoms with Crippen molar-refractivity contribution in [1.82, 2.24) is 15.3 Å². The van der Waals surface area contributed by atoms with Crippen LogP contribution in [-0.2, 0) is 4.79 Å². The number of amides is 1. The van der Waals surface area contributed by atoms with E-state index in [0.717, 1.165) is 51.6 Å². The molecule has 1 amide bonds. The summed E-state index contributed by atoms with van der Waals surface area (Å²) in [6.45, 7) is 1.52. The topological polar surface area (TPSA) is 76.0 Å². The second kappa shape index (κ2) is 7.25. The minimum absolute atomic E-state index is 0.0868. The first-order valence-corrected chi connectivity index (χ1v) is 8.86. The third-order valence-corrected chi connectivity index (χ3v) is 5.40. The first-order valence-electron chi connectivity index (χ1n) is 8.86. The lowest BCUT2D eigenvalue weighted by Crippen LogP contribution is -2.59. The molecule has 3 N–H and O–H groups in total. The lowest BCUT2D eigenvalue weighted by Gasteiger charge is -2.43. The molecule has 2 heterocycles. The van der Waals surface area contributed by atoms with E-state index in [9.17, 15) is 15.0 Å². The van der Waals surface area contributed by atoms with Crippen LogP contribution < -0.4 is 5.32 Å². The molecular weight excluding hydrogens is 282 g/mol. The number of nitrogens with zero attached hydrogens (tertiary/aromatic N) is 2. The van der Waals surface area contributed by atoms with Crippen molar-refractivity contribution in [3.63, 3.8) is 0 Å². The van der Waals surface area contributed by atoms with Gasteiger partial charge in [0.2, 0.25) is 5.91 Å². The summed E-state index contributed by atoms with van der Waals surface area (Å²) in [4.78, 5) is 12.4. The number of hydrogen-bond acceptors (Lipinski definition) is 5. The summed E-state index contributed by atoms with van der Waals surface area (Å²) in [7, 11) is 0. The van der Waals surface area contributed by atoms with Crippen LogP contribution in [0.3, 0.4) is 0 Å². The van der Waals surface area contributed by atoms with E-state index in [4.69, 9.17) is 0 Å². The Hall–Kier alpha value is -0.690. The highest BCUT2D eigenvalue weighted by molar-refractivity contribution is 5.79. The first-order chi connectivity index (χ1) is 10.7. The molecule has 3 aliphatic rings. The van der Waals surface area contributed by atoms with E-state index >= 15 is 0 Å². The van der Waals surface area contributed by atoms with E-state index in [1.165, 1.54) is 6.42 Å². The van der Waals surface area contributed by atoms with Crippen molar-refractivity contribution in [3.8, 4) is 0 Å². The Morgan fingerprint density at radius 1 is 0.864 bits per heavy atom. The first kappa shape index (κ1) is 16.2. The Bertz CT molecular complexity index is 387. The van der Waals surface area contributed by atoms with Gasteiger partial charge in [-0.2, -0.15) is 0 Å². The summed E-state index contributed by atoms with van der Waals surface area (Å²) < 4.78 is 0. The van der Waals surface area contributed by atoms with Crippen molar-refractivity contribution < 1.29 is 15.0 Å². The fourth-order valence-electron chi connectivity index (χ4n) is 4.06. The van der Waals surface area contributed by atoms with E-state index < -0.39 is 12.5 Å². The molecule has 2 aliphatic heterocycles. The Morgan fingerprint density at radius 3 is 2.27 bits per heavy atom. The molecule has 2 saturated heterocycles. The van der Waals surface area contributed by atoms with Gasteiger partial charge in [-0.1, -0.05) is 19.3 Å². The van der Waals surface area contributed by atoms with Gasteiger partial charge in [0, 0.05) is 19.0 Å². The fourth-order valence-corrected chi connectivity index (χ4v) is 4.06. The van der Waals surface area contributed by atoms with Gasteiger partial charge in [-0.15, -0.1) is 0 Å². The predicted molar refractivity (Wildman–Crippen MR) is 82.4 cm³/mol. The summed E-state index contributed by atoms with van der Waals surface area (Å²) in [6.07, 6.45) is 7.40. The molecule has 3 unspecified atom stereocenters. The zero-order chi connectivity index (χ0) is 15.5. The largest absolute Gasteiger partial charge is 0.377 e. The lowest BCUT2D eigenvalue weighted by molar-refractivity contribution is -0.210. The van der Waals surface area contributed by atoms with Gasteiger partial charge >= 0.3 is 0 Å². The molecule has 126 valence electrons. The van der Waals surface area contributed by atoms with Crippen LogP contribution in [0.15, 0.2) is 0 Å². The highest BCUT2D eigenvalue weighted by atomic mass is 16.3. The van der Waals surface area contributed by atoms with Gasteiger partial charge in [-0.25, -0.2) is 10.0 Å².